The van der Waals surface area contributed by atoms with Gasteiger partial charge in [-0.3, -0.25) is 9.59 Å². The number of carbonyl (C=O) groups excluding carboxylic acids is 1. The SMILES string of the molecule is COc1ccccc1N1CCN(C(=O)CCCn2nc(-c3ccc(F)cc3)ccc2=O)CC1. The number of aryl methyl sites for hydroxylation is 1. The second kappa shape index (κ2) is 10.3. The summed E-state index contributed by atoms with van der Waals surface area (Å²) in [6, 6.07) is 16.9. The Morgan fingerprint density at radius 1 is 1.00 bits per heavy atom. The Morgan fingerprint density at radius 3 is 2.45 bits per heavy atom. The number of methoxy groups -OCH3 is 1. The van der Waals surface area contributed by atoms with Gasteiger partial charge in [-0.2, -0.15) is 5.10 Å². The molecule has 3 aromatic rings. The van der Waals surface area contributed by atoms with Gasteiger partial charge in [0.15, 0.2) is 0 Å². The predicted molar refractivity (Wildman–Crippen MR) is 125 cm³/mol. The van der Waals surface area contributed by atoms with E-state index in [2.05, 4.69) is 10.00 Å². The van der Waals surface area contributed by atoms with E-state index >= 15 is 0 Å². The quantitative estimate of drug-likeness (QED) is 0.553. The lowest BCUT2D eigenvalue weighted by Crippen LogP contribution is -2.48. The van der Waals surface area contributed by atoms with Crippen LogP contribution in [0.5, 0.6) is 5.75 Å². The van der Waals surface area contributed by atoms with Gasteiger partial charge in [-0.25, -0.2) is 9.07 Å². The first-order valence-electron chi connectivity index (χ1n) is 11.0. The van der Waals surface area contributed by atoms with Crippen molar-refractivity contribution in [2.45, 2.75) is 19.4 Å². The molecule has 0 N–H and O–H groups in total. The molecule has 0 unspecified atom stereocenters. The summed E-state index contributed by atoms with van der Waals surface area (Å²) in [5.74, 6) is 0.588. The zero-order valence-electron chi connectivity index (χ0n) is 18.6. The normalized spacial score (nSPS) is 13.8. The van der Waals surface area contributed by atoms with Gasteiger partial charge in [0.2, 0.25) is 5.91 Å². The molecule has 33 heavy (non-hydrogen) atoms. The molecular formula is C25H27FN4O3. The standard InChI is InChI=1S/C25H27FN4O3/c1-33-23-6-3-2-5-22(23)28-15-17-29(18-16-28)24(31)7-4-14-30-25(32)13-12-21(27-30)19-8-10-20(26)11-9-19/h2-3,5-6,8-13H,4,7,14-18H2,1H3. The molecule has 0 saturated carbocycles. The van der Waals surface area contributed by atoms with E-state index in [4.69, 9.17) is 4.74 Å². The van der Waals surface area contributed by atoms with E-state index in [-0.39, 0.29) is 17.3 Å². The zero-order valence-corrected chi connectivity index (χ0v) is 18.6. The van der Waals surface area contributed by atoms with E-state index in [0.29, 0.717) is 38.2 Å². The van der Waals surface area contributed by atoms with E-state index in [0.717, 1.165) is 30.1 Å². The Balaban J connectivity index is 1.30. The monoisotopic (exact) mass is 450 g/mol. The van der Waals surface area contributed by atoms with Crippen LogP contribution in [0.15, 0.2) is 65.5 Å². The number of halogens is 1. The second-order valence-electron chi connectivity index (χ2n) is 7.93. The molecule has 172 valence electrons. The zero-order chi connectivity index (χ0) is 23.2. The predicted octanol–water partition coefficient (Wildman–Crippen LogP) is 3.19. The van der Waals surface area contributed by atoms with Gasteiger partial charge in [-0.1, -0.05) is 12.1 Å². The van der Waals surface area contributed by atoms with Crippen molar-refractivity contribution in [3.05, 3.63) is 76.8 Å². The van der Waals surface area contributed by atoms with E-state index in [1.54, 1.807) is 25.3 Å². The van der Waals surface area contributed by atoms with Crippen molar-refractivity contribution >= 4 is 11.6 Å². The maximum absolute atomic E-state index is 13.2. The summed E-state index contributed by atoms with van der Waals surface area (Å²) >= 11 is 0. The molecule has 4 rings (SSSR count). The summed E-state index contributed by atoms with van der Waals surface area (Å²) in [5.41, 5.74) is 2.14. The largest absolute Gasteiger partial charge is 0.495 e. The maximum atomic E-state index is 13.2. The molecule has 8 heteroatoms. The number of carbonyl (C=O) groups is 1. The van der Waals surface area contributed by atoms with Crippen molar-refractivity contribution < 1.29 is 13.9 Å². The lowest BCUT2D eigenvalue weighted by Gasteiger charge is -2.36. The van der Waals surface area contributed by atoms with Gasteiger partial charge < -0.3 is 14.5 Å². The van der Waals surface area contributed by atoms with Crippen molar-refractivity contribution in [1.82, 2.24) is 14.7 Å². The van der Waals surface area contributed by atoms with Crippen LogP contribution in [0.4, 0.5) is 10.1 Å². The molecule has 0 radical (unpaired) electrons. The first kappa shape index (κ1) is 22.5. The van der Waals surface area contributed by atoms with Crippen molar-refractivity contribution in [2.75, 3.05) is 38.2 Å². The highest BCUT2D eigenvalue weighted by molar-refractivity contribution is 5.76. The van der Waals surface area contributed by atoms with Crippen LogP contribution in [0, 0.1) is 5.82 Å². The average molecular weight is 451 g/mol. The first-order valence-corrected chi connectivity index (χ1v) is 11.0. The van der Waals surface area contributed by atoms with Crippen molar-refractivity contribution in [3.8, 4) is 17.0 Å². The molecule has 0 spiro atoms. The van der Waals surface area contributed by atoms with Gasteiger partial charge in [0.25, 0.3) is 5.56 Å². The van der Waals surface area contributed by atoms with Crippen LogP contribution in [0.1, 0.15) is 12.8 Å². The third kappa shape index (κ3) is 5.39. The van der Waals surface area contributed by atoms with Crippen LogP contribution in [-0.2, 0) is 11.3 Å². The molecule has 2 heterocycles. The minimum atomic E-state index is -0.325. The summed E-state index contributed by atoms with van der Waals surface area (Å²) in [4.78, 5) is 29.0. The van der Waals surface area contributed by atoms with Gasteiger partial charge in [0.1, 0.15) is 11.6 Å². The van der Waals surface area contributed by atoms with Gasteiger partial charge >= 0.3 is 0 Å². The Hall–Kier alpha value is -3.68. The number of benzene rings is 2. The molecule has 0 atom stereocenters. The number of piperazine rings is 1. The topological polar surface area (TPSA) is 67.7 Å². The van der Waals surface area contributed by atoms with E-state index < -0.39 is 0 Å². The molecule has 1 aliphatic heterocycles. The highest BCUT2D eigenvalue weighted by atomic mass is 19.1. The van der Waals surface area contributed by atoms with Crippen LogP contribution in [0.2, 0.25) is 0 Å². The van der Waals surface area contributed by atoms with E-state index in [1.807, 2.05) is 29.2 Å². The fourth-order valence-electron chi connectivity index (χ4n) is 4.01. The summed E-state index contributed by atoms with van der Waals surface area (Å²) in [6.07, 6.45) is 0.870. The van der Waals surface area contributed by atoms with Crippen molar-refractivity contribution in [3.63, 3.8) is 0 Å². The fourth-order valence-corrected chi connectivity index (χ4v) is 4.01. The van der Waals surface area contributed by atoms with Crippen LogP contribution in [-0.4, -0.2) is 53.9 Å². The lowest BCUT2D eigenvalue weighted by molar-refractivity contribution is -0.131. The number of ether oxygens (including phenoxy) is 1. The number of para-hydroxylation sites is 2. The van der Waals surface area contributed by atoms with Crippen LogP contribution in [0.3, 0.4) is 0 Å². The number of nitrogens with zero attached hydrogens (tertiary/aromatic N) is 4. The van der Waals surface area contributed by atoms with Crippen LogP contribution >= 0.6 is 0 Å². The molecule has 7 nitrogen and oxygen atoms in total. The maximum Gasteiger partial charge on any atom is 0.266 e. The number of rotatable bonds is 7. The Morgan fingerprint density at radius 2 is 1.73 bits per heavy atom. The highest BCUT2D eigenvalue weighted by Crippen LogP contribution is 2.28. The van der Waals surface area contributed by atoms with Crippen LogP contribution < -0.4 is 15.2 Å². The van der Waals surface area contributed by atoms with E-state index in [9.17, 15) is 14.0 Å². The molecular weight excluding hydrogens is 423 g/mol. The Bertz CT molecular complexity index is 1150. The third-order valence-electron chi connectivity index (χ3n) is 5.83. The molecule has 2 aromatic carbocycles. The summed E-state index contributed by atoms with van der Waals surface area (Å²) in [5, 5.41) is 4.38. The number of anilines is 1. The Labute approximate surface area is 192 Å². The highest BCUT2D eigenvalue weighted by Gasteiger charge is 2.22. The molecule has 1 saturated heterocycles. The summed E-state index contributed by atoms with van der Waals surface area (Å²) in [7, 11) is 1.66. The first-order chi connectivity index (χ1) is 16.0. The molecule has 0 bridgehead atoms. The Kier molecular flexibility index (Phi) is 7.02. The average Bonchev–Trinajstić information content (AvgIpc) is 2.85. The van der Waals surface area contributed by atoms with Crippen molar-refractivity contribution in [2.24, 2.45) is 0 Å². The fraction of sp³-hybridized carbons (Fsp3) is 0.320. The van der Waals surface area contributed by atoms with E-state index in [1.165, 1.54) is 22.9 Å². The molecule has 1 fully saturated rings. The molecule has 1 amide bonds. The minimum Gasteiger partial charge on any atom is -0.495 e. The van der Waals surface area contributed by atoms with Crippen LogP contribution in [0.25, 0.3) is 11.3 Å². The lowest BCUT2D eigenvalue weighted by atomic mass is 10.1. The number of aromatic nitrogens is 2. The smallest absolute Gasteiger partial charge is 0.266 e. The van der Waals surface area contributed by atoms with Gasteiger partial charge in [-0.15, -0.1) is 0 Å². The second-order valence-corrected chi connectivity index (χ2v) is 7.93. The molecule has 1 aliphatic rings. The minimum absolute atomic E-state index is 0.0809. The van der Waals surface area contributed by atoms with Crippen molar-refractivity contribution in [1.29, 1.82) is 0 Å². The third-order valence-corrected chi connectivity index (χ3v) is 5.83. The molecule has 0 aliphatic carbocycles. The number of hydrogen-bond acceptors (Lipinski definition) is 5. The summed E-state index contributed by atoms with van der Waals surface area (Å²) in [6.45, 7) is 3.13. The number of hydrogen-bond donors (Lipinski definition) is 0. The van der Waals surface area contributed by atoms with Gasteiger partial charge in [0.05, 0.1) is 18.5 Å². The van der Waals surface area contributed by atoms with Gasteiger partial charge in [0, 0.05) is 50.8 Å². The summed E-state index contributed by atoms with van der Waals surface area (Å²) < 4.78 is 20.0. The molecule has 1 aromatic heterocycles. The number of amides is 1. The van der Waals surface area contributed by atoms with Gasteiger partial charge in [-0.05, 0) is 48.9 Å².